The number of carbonyl (C=O) groups excluding carboxylic acids is 2. The van der Waals surface area contributed by atoms with E-state index in [1.165, 1.54) is 19.3 Å². The molecule has 0 bridgehead atoms. The van der Waals surface area contributed by atoms with E-state index in [-0.39, 0.29) is 5.78 Å². The first-order chi connectivity index (χ1) is 14.7. The summed E-state index contributed by atoms with van der Waals surface area (Å²) in [7, 11) is 1.64. The molecule has 0 spiro atoms. The van der Waals surface area contributed by atoms with Gasteiger partial charge in [0.15, 0.2) is 5.78 Å². The molecule has 4 rings (SSSR count). The third-order valence-corrected chi connectivity index (χ3v) is 6.27. The molecule has 166 valence electrons. The molecule has 6 heteroatoms. The standard InChI is InChI=1S/C25H32N2O4/c1-25(2,3)31-24(29)27-13-12-26(20-6-5-7-20)16-22(27)23(28)19-9-8-18-15-21(30-4)11-10-17(18)14-19/h8-11,14-15,20,22H,5-7,12-13,16H2,1-4H3. The summed E-state index contributed by atoms with van der Waals surface area (Å²) in [6.45, 7) is 7.40. The Morgan fingerprint density at radius 1 is 1.00 bits per heavy atom. The predicted octanol–water partition coefficient (Wildman–Crippen LogP) is 4.50. The average Bonchev–Trinajstić information content (AvgIpc) is 2.69. The van der Waals surface area contributed by atoms with Crippen LogP contribution in [0.1, 0.15) is 50.4 Å². The van der Waals surface area contributed by atoms with Gasteiger partial charge in [-0.1, -0.05) is 24.6 Å². The van der Waals surface area contributed by atoms with Crippen LogP contribution in [0.3, 0.4) is 0 Å². The van der Waals surface area contributed by atoms with Crippen LogP contribution in [0.15, 0.2) is 36.4 Å². The molecular formula is C25H32N2O4. The number of ketones is 1. The van der Waals surface area contributed by atoms with Gasteiger partial charge in [-0.25, -0.2) is 4.79 Å². The molecule has 1 atom stereocenters. The summed E-state index contributed by atoms with van der Waals surface area (Å²) < 4.78 is 10.9. The monoisotopic (exact) mass is 424 g/mol. The number of carbonyl (C=O) groups is 2. The summed E-state index contributed by atoms with van der Waals surface area (Å²) in [6.07, 6.45) is 3.17. The van der Waals surface area contributed by atoms with Crippen LogP contribution in [0.2, 0.25) is 0 Å². The van der Waals surface area contributed by atoms with Crippen LogP contribution >= 0.6 is 0 Å². The number of benzene rings is 2. The third-order valence-electron chi connectivity index (χ3n) is 6.27. The van der Waals surface area contributed by atoms with E-state index < -0.39 is 17.7 Å². The fraction of sp³-hybridized carbons (Fsp3) is 0.520. The lowest BCUT2D eigenvalue weighted by molar-refractivity contribution is -0.0112. The van der Waals surface area contributed by atoms with Gasteiger partial charge >= 0.3 is 6.09 Å². The number of methoxy groups -OCH3 is 1. The third kappa shape index (κ3) is 4.69. The second-order valence-corrected chi connectivity index (χ2v) is 9.56. The highest BCUT2D eigenvalue weighted by Crippen LogP contribution is 2.29. The Bertz CT molecular complexity index is 977. The second-order valence-electron chi connectivity index (χ2n) is 9.56. The van der Waals surface area contributed by atoms with Crippen LogP contribution < -0.4 is 4.74 Å². The van der Waals surface area contributed by atoms with E-state index in [1.54, 1.807) is 12.0 Å². The summed E-state index contributed by atoms with van der Waals surface area (Å²) in [5.74, 6) is 0.749. The molecule has 1 aliphatic carbocycles. The van der Waals surface area contributed by atoms with Gasteiger partial charge in [-0.15, -0.1) is 0 Å². The fourth-order valence-corrected chi connectivity index (χ4v) is 4.35. The van der Waals surface area contributed by atoms with Crippen molar-refractivity contribution in [1.82, 2.24) is 9.80 Å². The van der Waals surface area contributed by atoms with E-state index in [2.05, 4.69) is 4.90 Å². The first-order valence-electron chi connectivity index (χ1n) is 11.1. The van der Waals surface area contributed by atoms with Crippen LogP contribution in [0, 0.1) is 0 Å². The number of Topliss-reactive ketones (excluding diaryl/α,β-unsaturated/α-hetero) is 1. The van der Waals surface area contributed by atoms with Gasteiger partial charge in [-0.05, 0) is 62.6 Å². The van der Waals surface area contributed by atoms with E-state index in [9.17, 15) is 9.59 Å². The number of ether oxygens (including phenoxy) is 2. The molecule has 0 N–H and O–H groups in total. The average molecular weight is 425 g/mol. The Balaban J connectivity index is 1.61. The minimum absolute atomic E-state index is 0.0346. The van der Waals surface area contributed by atoms with Gasteiger partial charge in [0.25, 0.3) is 0 Å². The summed E-state index contributed by atoms with van der Waals surface area (Å²) >= 11 is 0. The Morgan fingerprint density at radius 2 is 1.71 bits per heavy atom. The van der Waals surface area contributed by atoms with Crippen LogP contribution in [-0.4, -0.2) is 66.1 Å². The van der Waals surface area contributed by atoms with Crippen LogP contribution in [0.4, 0.5) is 4.79 Å². The minimum atomic E-state index is -0.599. The smallest absolute Gasteiger partial charge is 0.411 e. The highest BCUT2D eigenvalue weighted by atomic mass is 16.6. The summed E-state index contributed by atoms with van der Waals surface area (Å²) in [4.78, 5) is 30.5. The van der Waals surface area contributed by atoms with Gasteiger partial charge in [0.05, 0.1) is 7.11 Å². The van der Waals surface area contributed by atoms with Gasteiger partial charge in [-0.2, -0.15) is 0 Å². The summed E-state index contributed by atoms with van der Waals surface area (Å²) in [6, 6.07) is 11.5. The zero-order valence-electron chi connectivity index (χ0n) is 18.9. The second kappa shape index (κ2) is 8.50. The molecule has 1 unspecified atom stereocenters. The Kier molecular flexibility index (Phi) is 5.93. The van der Waals surface area contributed by atoms with Crippen molar-refractivity contribution < 1.29 is 19.1 Å². The van der Waals surface area contributed by atoms with Gasteiger partial charge in [0.1, 0.15) is 17.4 Å². The molecule has 2 aromatic rings. The quantitative estimate of drug-likeness (QED) is 0.676. The zero-order chi connectivity index (χ0) is 22.2. The van der Waals surface area contributed by atoms with E-state index >= 15 is 0 Å². The largest absolute Gasteiger partial charge is 0.497 e. The lowest BCUT2D eigenvalue weighted by atomic mass is 9.89. The van der Waals surface area contributed by atoms with Crippen LogP contribution in [0.25, 0.3) is 10.8 Å². The molecule has 6 nitrogen and oxygen atoms in total. The molecule has 0 aromatic heterocycles. The zero-order valence-corrected chi connectivity index (χ0v) is 18.9. The minimum Gasteiger partial charge on any atom is -0.497 e. The van der Waals surface area contributed by atoms with Crippen molar-refractivity contribution in [3.8, 4) is 5.75 Å². The number of hydrogen-bond acceptors (Lipinski definition) is 5. The Hall–Kier alpha value is -2.60. The van der Waals surface area contributed by atoms with Crippen LogP contribution in [0.5, 0.6) is 5.75 Å². The molecule has 2 aromatic carbocycles. The number of nitrogens with zero attached hydrogens (tertiary/aromatic N) is 2. The van der Waals surface area contributed by atoms with Crippen LogP contribution in [-0.2, 0) is 4.74 Å². The number of hydrogen-bond donors (Lipinski definition) is 0. The predicted molar refractivity (Wildman–Crippen MR) is 121 cm³/mol. The van der Waals surface area contributed by atoms with Crippen molar-refractivity contribution in [2.24, 2.45) is 0 Å². The van der Waals surface area contributed by atoms with E-state index in [1.807, 2.05) is 57.2 Å². The fourth-order valence-electron chi connectivity index (χ4n) is 4.35. The molecule has 2 fully saturated rings. The van der Waals surface area contributed by atoms with Gasteiger partial charge in [-0.3, -0.25) is 14.6 Å². The maximum absolute atomic E-state index is 13.6. The first-order valence-corrected chi connectivity index (χ1v) is 11.1. The lowest BCUT2D eigenvalue weighted by Crippen LogP contribution is -2.61. The molecule has 31 heavy (non-hydrogen) atoms. The molecule has 1 saturated heterocycles. The van der Waals surface area contributed by atoms with Crippen molar-refractivity contribution >= 4 is 22.6 Å². The number of piperazine rings is 1. The number of amides is 1. The Labute approximate surface area is 184 Å². The van der Waals surface area contributed by atoms with Crippen molar-refractivity contribution in [2.45, 2.75) is 57.7 Å². The topological polar surface area (TPSA) is 59.1 Å². The maximum Gasteiger partial charge on any atom is 0.411 e. The molecule has 2 aliphatic rings. The summed E-state index contributed by atoms with van der Waals surface area (Å²) in [5, 5.41) is 1.99. The van der Waals surface area contributed by atoms with Crippen molar-refractivity contribution in [3.05, 3.63) is 42.0 Å². The summed E-state index contributed by atoms with van der Waals surface area (Å²) in [5.41, 5.74) is 0.0179. The number of rotatable bonds is 4. The van der Waals surface area contributed by atoms with E-state index in [4.69, 9.17) is 9.47 Å². The molecule has 1 aliphatic heterocycles. The normalized spacial score (nSPS) is 20.4. The molecule has 1 amide bonds. The van der Waals surface area contributed by atoms with Crippen molar-refractivity contribution in [3.63, 3.8) is 0 Å². The molecule has 1 saturated carbocycles. The van der Waals surface area contributed by atoms with Gasteiger partial charge < -0.3 is 9.47 Å². The van der Waals surface area contributed by atoms with E-state index in [0.717, 1.165) is 23.1 Å². The molecular weight excluding hydrogens is 392 g/mol. The highest BCUT2D eigenvalue weighted by Gasteiger charge is 2.40. The molecule has 0 radical (unpaired) electrons. The Morgan fingerprint density at radius 3 is 2.35 bits per heavy atom. The lowest BCUT2D eigenvalue weighted by Gasteiger charge is -2.46. The number of fused-ring (bicyclic) bond motifs is 1. The maximum atomic E-state index is 13.6. The first kappa shape index (κ1) is 21.6. The highest BCUT2D eigenvalue weighted by molar-refractivity contribution is 6.04. The SMILES string of the molecule is COc1ccc2cc(C(=O)C3CN(C4CCC4)CCN3C(=O)OC(C)(C)C)ccc2c1. The van der Waals surface area contributed by atoms with E-state index in [0.29, 0.717) is 24.7 Å². The van der Waals surface area contributed by atoms with Gasteiger partial charge in [0.2, 0.25) is 0 Å². The van der Waals surface area contributed by atoms with Gasteiger partial charge in [0, 0.05) is 31.2 Å². The molecule has 1 heterocycles. The van der Waals surface area contributed by atoms with Crippen molar-refractivity contribution in [2.75, 3.05) is 26.7 Å². The van der Waals surface area contributed by atoms with Crippen molar-refractivity contribution in [1.29, 1.82) is 0 Å².